The van der Waals surface area contributed by atoms with Crippen LogP contribution in [0.1, 0.15) is 26.2 Å². The van der Waals surface area contributed by atoms with Gasteiger partial charge in [-0.3, -0.25) is 0 Å². The van der Waals surface area contributed by atoms with Gasteiger partial charge < -0.3 is 11.1 Å². The molecule has 1 aliphatic heterocycles. The maximum Gasteiger partial charge on any atom is 0.247 e. The van der Waals surface area contributed by atoms with Crippen molar-refractivity contribution in [3.63, 3.8) is 0 Å². The number of piperidine rings is 1. The second-order valence-corrected chi connectivity index (χ2v) is 3.89. The van der Waals surface area contributed by atoms with E-state index in [-0.39, 0.29) is 6.42 Å². The lowest BCUT2D eigenvalue weighted by atomic mass is 9.86. The smallest absolute Gasteiger partial charge is 0.247 e. The number of alkyl halides is 2. The van der Waals surface area contributed by atoms with E-state index in [1.807, 2.05) is 0 Å². The second-order valence-electron chi connectivity index (χ2n) is 3.89. The molecule has 0 amide bonds. The third kappa shape index (κ3) is 3.03. The minimum atomic E-state index is -2.65. The Bertz CT molecular complexity index is 148. The molecule has 1 rings (SSSR count). The summed E-state index contributed by atoms with van der Waals surface area (Å²) in [5.74, 6) is -2.65. The van der Waals surface area contributed by atoms with Crippen molar-refractivity contribution in [1.29, 1.82) is 0 Å². The highest BCUT2D eigenvalue weighted by Gasteiger charge is 2.36. The van der Waals surface area contributed by atoms with Gasteiger partial charge in [0.1, 0.15) is 0 Å². The number of halogens is 2. The van der Waals surface area contributed by atoms with Gasteiger partial charge in [-0.05, 0) is 26.3 Å². The summed E-state index contributed by atoms with van der Waals surface area (Å²) in [5, 5.41) is 3.04. The van der Waals surface area contributed by atoms with Crippen LogP contribution in [0.15, 0.2) is 0 Å². The van der Waals surface area contributed by atoms with Gasteiger partial charge in [-0.15, -0.1) is 0 Å². The zero-order valence-corrected chi connectivity index (χ0v) is 7.37. The average molecular weight is 178 g/mol. The Labute approximate surface area is 71.5 Å². The standard InChI is InChI=1S/C8H16F2N2/c1-7(9,10)5-8(11)3-2-4-12-6-8/h12H,2-6,11H2,1H3. The molecule has 1 heterocycles. The van der Waals surface area contributed by atoms with Crippen LogP contribution >= 0.6 is 0 Å². The Morgan fingerprint density at radius 1 is 1.58 bits per heavy atom. The van der Waals surface area contributed by atoms with Gasteiger partial charge in [0.15, 0.2) is 0 Å². The highest BCUT2D eigenvalue weighted by molar-refractivity contribution is 4.92. The Kier molecular flexibility index (Phi) is 2.68. The van der Waals surface area contributed by atoms with Gasteiger partial charge in [0.05, 0.1) is 0 Å². The first-order chi connectivity index (χ1) is 5.41. The summed E-state index contributed by atoms with van der Waals surface area (Å²) in [6.45, 7) is 2.33. The Hall–Kier alpha value is -0.220. The summed E-state index contributed by atoms with van der Waals surface area (Å²) in [7, 11) is 0. The predicted molar refractivity (Wildman–Crippen MR) is 44.3 cm³/mol. The van der Waals surface area contributed by atoms with E-state index in [9.17, 15) is 8.78 Å². The van der Waals surface area contributed by atoms with Crippen LogP contribution in [0.25, 0.3) is 0 Å². The highest BCUT2D eigenvalue weighted by atomic mass is 19.3. The van der Waals surface area contributed by atoms with Crippen LogP contribution in [0.3, 0.4) is 0 Å². The van der Waals surface area contributed by atoms with E-state index in [0.717, 1.165) is 19.9 Å². The maximum absolute atomic E-state index is 12.6. The largest absolute Gasteiger partial charge is 0.324 e. The lowest BCUT2D eigenvalue weighted by molar-refractivity contribution is -0.0133. The van der Waals surface area contributed by atoms with Crippen LogP contribution in [0.5, 0.6) is 0 Å². The topological polar surface area (TPSA) is 38.0 Å². The summed E-state index contributed by atoms with van der Waals surface area (Å²) in [6, 6.07) is 0. The molecule has 1 aliphatic rings. The molecule has 0 spiro atoms. The van der Waals surface area contributed by atoms with E-state index in [4.69, 9.17) is 5.73 Å². The normalized spacial score (nSPS) is 32.0. The molecule has 0 aromatic rings. The summed E-state index contributed by atoms with van der Waals surface area (Å²) in [6.07, 6.45) is 1.38. The number of hydrogen-bond acceptors (Lipinski definition) is 2. The van der Waals surface area contributed by atoms with Crippen LogP contribution in [0.4, 0.5) is 8.78 Å². The molecule has 1 fully saturated rings. The van der Waals surface area contributed by atoms with E-state index in [1.165, 1.54) is 0 Å². The van der Waals surface area contributed by atoms with E-state index >= 15 is 0 Å². The van der Waals surface area contributed by atoms with Crippen molar-refractivity contribution in [2.75, 3.05) is 13.1 Å². The number of nitrogens with one attached hydrogen (secondary N) is 1. The Morgan fingerprint density at radius 3 is 2.67 bits per heavy atom. The summed E-state index contributed by atoms with van der Waals surface area (Å²) in [5.41, 5.74) is 5.10. The van der Waals surface area contributed by atoms with E-state index < -0.39 is 11.5 Å². The zero-order valence-electron chi connectivity index (χ0n) is 7.37. The minimum Gasteiger partial charge on any atom is -0.324 e. The highest BCUT2D eigenvalue weighted by Crippen LogP contribution is 2.27. The molecule has 0 aromatic heterocycles. The molecule has 12 heavy (non-hydrogen) atoms. The molecule has 0 bridgehead atoms. The number of rotatable bonds is 2. The van der Waals surface area contributed by atoms with Crippen molar-refractivity contribution in [2.45, 2.75) is 37.6 Å². The fourth-order valence-electron chi connectivity index (χ4n) is 1.76. The van der Waals surface area contributed by atoms with Crippen LogP contribution < -0.4 is 11.1 Å². The van der Waals surface area contributed by atoms with E-state index in [2.05, 4.69) is 5.32 Å². The molecule has 0 aliphatic carbocycles. The van der Waals surface area contributed by atoms with Crippen LogP contribution in [-0.4, -0.2) is 24.6 Å². The van der Waals surface area contributed by atoms with Crippen molar-refractivity contribution in [3.05, 3.63) is 0 Å². The molecule has 1 atom stereocenters. The molecule has 0 radical (unpaired) electrons. The monoisotopic (exact) mass is 178 g/mol. The summed E-state index contributed by atoms with van der Waals surface area (Å²) >= 11 is 0. The number of hydrogen-bond donors (Lipinski definition) is 2. The summed E-state index contributed by atoms with van der Waals surface area (Å²) in [4.78, 5) is 0. The lowest BCUT2D eigenvalue weighted by Gasteiger charge is -2.35. The van der Waals surface area contributed by atoms with Crippen LogP contribution in [0.2, 0.25) is 0 Å². The fraction of sp³-hybridized carbons (Fsp3) is 1.00. The third-order valence-electron chi connectivity index (χ3n) is 2.17. The summed E-state index contributed by atoms with van der Waals surface area (Å²) < 4.78 is 25.3. The van der Waals surface area contributed by atoms with Crippen LogP contribution in [0, 0.1) is 0 Å². The molecule has 3 N–H and O–H groups in total. The van der Waals surface area contributed by atoms with Gasteiger partial charge in [-0.25, -0.2) is 8.78 Å². The number of nitrogens with two attached hydrogens (primary N) is 1. The van der Waals surface area contributed by atoms with Gasteiger partial charge in [0.2, 0.25) is 5.92 Å². The maximum atomic E-state index is 12.6. The average Bonchev–Trinajstić information content (AvgIpc) is 1.83. The molecule has 72 valence electrons. The first kappa shape index (κ1) is 9.86. The molecular weight excluding hydrogens is 162 g/mol. The quantitative estimate of drug-likeness (QED) is 0.664. The lowest BCUT2D eigenvalue weighted by Crippen LogP contribution is -2.54. The van der Waals surface area contributed by atoms with Crippen LogP contribution in [-0.2, 0) is 0 Å². The SMILES string of the molecule is CC(F)(F)CC1(N)CCCNC1. The zero-order chi connectivity index (χ0) is 9.24. The fourth-order valence-corrected chi connectivity index (χ4v) is 1.76. The minimum absolute atomic E-state index is 0.215. The molecular formula is C8H16F2N2. The van der Waals surface area contributed by atoms with Gasteiger partial charge in [0.25, 0.3) is 0 Å². The van der Waals surface area contributed by atoms with Crippen molar-refractivity contribution >= 4 is 0 Å². The van der Waals surface area contributed by atoms with Crippen molar-refractivity contribution in [2.24, 2.45) is 5.73 Å². The molecule has 4 heteroatoms. The molecule has 2 nitrogen and oxygen atoms in total. The molecule has 0 aromatic carbocycles. The van der Waals surface area contributed by atoms with Gasteiger partial charge in [0, 0.05) is 18.5 Å². The van der Waals surface area contributed by atoms with Gasteiger partial charge in [-0.1, -0.05) is 0 Å². The van der Waals surface area contributed by atoms with E-state index in [1.54, 1.807) is 0 Å². The van der Waals surface area contributed by atoms with E-state index in [0.29, 0.717) is 13.0 Å². The predicted octanol–water partition coefficient (Wildman–Crippen LogP) is 1.11. The Morgan fingerprint density at radius 2 is 2.25 bits per heavy atom. The third-order valence-corrected chi connectivity index (χ3v) is 2.17. The molecule has 1 saturated heterocycles. The first-order valence-corrected chi connectivity index (χ1v) is 4.29. The van der Waals surface area contributed by atoms with Gasteiger partial charge in [-0.2, -0.15) is 0 Å². The second kappa shape index (κ2) is 3.26. The van der Waals surface area contributed by atoms with Gasteiger partial charge >= 0.3 is 0 Å². The Balaban J connectivity index is 2.47. The first-order valence-electron chi connectivity index (χ1n) is 4.29. The van der Waals surface area contributed by atoms with Crippen molar-refractivity contribution < 1.29 is 8.78 Å². The molecule has 1 unspecified atom stereocenters. The molecule has 0 saturated carbocycles. The van der Waals surface area contributed by atoms with Crippen molar-refractivity contribution in [1.82, 2.24) is 5.32 Å². The van der Waals surface area contributed by atoms with Crippen molar-refractivity contribution in [3.8, 4) is 0 Å².